The Labute approximate surface area is 94.8 Å². The van der Waals surface area contributed by atoms with E-state index in [1.54, 1.807) is 0 Å². The molecule has 0 aliphatic heterocycles. The van der Waals surface area contributed by atoms with E-state index in [0.717, 1.165) is 17.5 Å². The fourth-order valence-electron chi connectivity index (χ4n) is 1.80. The molecule has 0 aliphatic rings. The average Bonchev–Trinajstić information content (AvgIpc) is 2.39. The summed E-state index contributed by atoms with van der Waals surface area (Å²) in [6, 6.07) is 2.78. The van der Waals surface area contributed by atoms with Crippen LogP contribution in [-0.4, -0.2) is 10.9 Å². The minimum Gasteiger partial charge on any atom is -0.346 e. The minimum absolute atomic E-state index is 0.344. The van der Waals surface area contributed by atoms with E-state index in [1.165, 1.54) is 12.1 Å². The van der Waals surface area contributed by atoms with Gasteiger partial charge in [0.2, 0.25) is 0 Å². The van der Waals surface area contributed by atoms with Crippen molar-refractivity contribution in [1.82, 2.24) is 4.57 Å². The molecule has 0 atom stereocenters. The van der Waals surface area contributed by atoms with Gasteiger partial charge in [0, 0.05) is 28.2 Å². The summed E-state index contributed by atoms with van der Waals surface area (Å²) in [6.07, 6.45) is 0.767. The molecule has 0 saturated carbocycles. The van der Waals surface area contributed by atoms with E-state index in [9.17, 15) is 9.18 Å². The number of aryl methyl sites for hydroxylation is 1. The van der Waals surface area contributed by atoms with Crippen LogP contribution in [0.1, 0.15) is 16.1 Å². The van der Waals surface area contributed by atoms with E-state index in [1.807, 2.05) is 18.5 Å². The van der Waals surface area contributed by atoms with Gasteiger partial charge in [-0.15, -0.1) is 0 Å². The van der Waals surface area contributed by atoms with Crippen LogP contribution >= 0.6 is 15.9 Å². The molecule has 78 valence electrons. The Hall–Kier alpha value is -1.16. The molecule has 15 heavy (non-hydrogen) atoms. The average molecular weight is 270 g/mol. The highest BCUT2D eigenvalue weighted by atomic mass is 79.9. The molecule has 0 saturated heterocycles. The standard InChI is InChI=1S/C11H9BrFNO/c1-6-9(5-15)8-3-7(13)4-10(12)11(8)14(6)2/h3-5H,1-2H3. The van der Waals surface area contributed by atoms with Gasteiger partial charge < -0.3 is 4.57 Å². The number of hydrogen-bond donors (Lipinski definition) is 0. The van der Waals surface area contributed by atoms with Crippen LogP contribution < -0.4 is 0 Å². The first-order chi connectivity index (χ1) is 7.06. The zero-order chi connectivity index (χ0) is 11.2. The number of halogens is 2. The number of hydrogen-bond acceptors (Lipinski definition) is 1. The smallest absolute Gasteiger partial charge is 0.152 e. The van der Waals surface area contributed by atoms with Gasteiger partial charge in [-0.05, 0) is 35.0 Å². The van der Waals surface area contributed by atoms with Crippen molar-refractivity contribution in [2.75, 3.05) is 0 Å². The van der Waals surface area contributed by atoms with Crippen LogP contribution in [-0.2, 0) is 7.05 Å². The van der Waals surface area contributed by atoms with Gasteiger partial charge in [0.25, 0.3) is 0 Å². The summed E-state index contributed by atoms with van der Waals surface area (Å²) in [5.41, 5.74) is 2.23. The second-order valence-corrected chi connectivity index (χ2v) is 4.31. The van der Waals surface area contributed by atoms with Gasteiger partial charge in [-0.25, -0.2) is 4.39 Å². The number of rotatable bonds is 1. The van der Waals surface area contributed by atoms with Crippen LogP contribution in [0.15, 0.2) is 16.6 Å². The van der Waals surface area contributed by atoms with E-state index < -0.39 is 0 Å². The molecular weight excluding hydrogens is 261 g/mol. The van der Waals surface area contributed by atoms with Crippen molar-refractivity contribution in [3.05, 3.63) is 33.7 Å². The molecule has 4 heteroatoms. The van der Waals surface area contributed by atoms with E-state index in [-0.39, 0.29) is 5.82 Å². The summed E-state index contributed by atoms with van der Waals surface area (Å²) in [7, 11) is 1.85. The Kier molecular flexibility index (Phi) is 2.38. The lowest BCUT2D eigenvalue weighted by atomic mass is 10.1. The van der Waals surface area contributed by atoms with Gasteiger partial charge in [0.05, 0.1) is 5.52 Å². The van der Waals surface area contributed by atoms with Gasteiger partial charge in [-0.2, -0.15) is 0 Å². The molecular formula is C11H9BrFNO. The van der Waals surface area contributed by atoms with Gasteiger partial charge in [-0.1, -0.05) is 0 Å². The topological polar surface area (TPSA) is 22.0 Å². The fraction of sp³-hybridized carbons (Fsp3) is 0.182. The highest BCUT2D eigenvalue weighted by molar-refractivity contribution is 9.10. The summed E-state index contributed by atoms with van der Waals surface area (Å²) in [6.45, 7) is 1.84. The molecule has 1 aromatic carbocycles. The molecule has 0 aliphatic carbocycles. The van der Waals surface area contributed by atoms with Gasteiger partial charge in [0.1, 0.15) is 5.82 Å². The first kappa shape index (κ1) is 10.4. The maximum absolute atomic E-state index is 13.2. The highest BCUT2D eigenvalue weighted by Gasteiger charge is 2.14. The zero-order valence-electron chi connectivity index (χ0n) is 8.34. The Morgan fingerprint density at radius 2 is 2.13 bits per heavy atom. The van der Waals surface area contributed by atoms with Crippen molar-refractivity contribution in [2.45, 2.75) is 6.92 Å². The minimum atomic E-state index is -0.344. The zero-order valence-corrected chi connectivity index (χ0v) is 9.93. The summed E-state index contributed by atoms with van der Waals surface area (Å²) in [4.78, 5) is 10.9. The first-order valence-corrected chi connectivity index (χ1v) is 5.24. The third kappa shape index (κ3) is 1.40. The molecule has 0 bridgehead atoms. The number of nitrogens with zero attached hydrogens (tertiary/aromatic N) is 1. The van der Waals surface area contributed by atoms with Crippen molar-refractivity contribution in [3.8, 4) is 0 Å². The normalized spacial score (nSPS) is 10.9. The van der Waals surface area contributed by atoms with E-state index in [2.05, 4.69) is 15.9 Å². The number of fused-ring (bicyclic) bond motifs is 1. The van der Waals surface area contributed by atoms with Crippen molar-refractivity contribution < 1.29 is 9.18 Å². The highest BCUT2D eigenvalue weighted by Crippen LogP contribution is 2.30. The Morgan fingerprint density at radius 3 is 2.73 bits per heavy atom. The Morgan fingerprint density at radius 1 is 1.47 bits per heavy atom. The van der Waals surface area contributed by atoms with Crippen LogP contribution in [0.5, 0.6) is 0 Å². The summed E-state index contributed by atoms with van der Waals surface area (Å²) in [5, 5.41) is 0.650. The van der Waals surface area contributed by atoms with Crippen molar-refractivity contribution >= 4 is 33.1 Å². The van der Waals surface area contributed by atoms with E-state index >= 15 is 0 Å². The summed E-state index contributed by atoms with van der Waals surface area (Å²) < 4.78 is 15.7. The predicted octanol–water partition coefficient (Wildman–Crippen LogP) is 3.20. The SMILES string of the molecule is Cc1c(C=O)c2cc(F)cc(Br)c2n1C. The molecule has 0 radical (unpaired) electrons. The Balaban J connectivity index is 3.03. The third-order valence-corrected chi connectivity index (χ3v) is 3.27. The monoisotopic (exact) mass is 269 g/mol. The van der Waals surface area contributed by atoms with E-state index in [4.69, 9.17) is 0 Å². The third-order valence-electron chi connectivity index (χ3n) is 2.66. The largest absolute Gasteiger partial charge is 0.346 e. The number of benzene rings is 1. The van der Waals surface area contributed by atoms with Crippen LogP contribution in [0, 0.1) is 12.7 Å². The summed E-state index contributed by atoms with van der Waals surface area (Å²) >= 11 is 3.30. The molecule has 0 N–H and O–H groups in total. The maximum Gasteiger partial charge on any atom is 0.152 e. The molecule has 2 aromatic rings. The molecule has 0 unspecified atom stereocenters. The maximum atomic E-state index is 13.2. The van der Waals surface area contributed by atoms with Gasteiger partial charge in [-0.3, -0.25) is 4.79 Å². The number of carbonyl (C=O) groups excluding carboxylic acids is 1. The van der Waals surface area contributed by atoms with Crippen molar-refractivity contribution in [1.29, 1.82) is 0 Å². The molecule has 0 amide bonds. The lowest BCUT2D eigenvalue weighted by Crippen LogP contribution is -1.92. The van der Waals surface area contributed by atoms with Crippen LogP contribution in [0.25, 0.3) is 10.9 Å². The molecule has 0 fully saturated rings. The molecule has 0 spiro atoms. The van der Waals surface area contributed by atoms with Gasteiger partial charge >= 0.3 is 0 Å². The molecule has 2 nitrogen and oxygen atoms in total. The van der Waals surface area contributed by atoms with Crippen LogP contribution in [0.4, 0.5) is 4.39 Å². The van der Waals surface area contributed by atoms with Crippen molar-refractivity contribution in [2.24, 2.45) is 7.05 Å². The number of aldehydes is 1. The lowest BCUT2D eigenvalue weighted by Gasteiger charge is -2.00. The second-order valence-electron chi connectivity index (χ2n) is 3.46. The quantitative estimate of drug-likeness (QED) is 0.729. The second kappa shape index (κ2) is 3.45. The molecule has 2 rings (SSSR count). The van der Waals surface area contributed by atoms with Gasteiger partial charge in [0.15, 0.2) is 6.29 Å². The molecule has 1 aromatic heterocycles. The predicted molar refractivity (Wildman–Crippen MR) is 60.7 cm³/mol. The van der Waals surface area contributed by atoms with E-state index in [0.29, 0.717) is 15.4 Å². The van der Waals surface area contributed by atoms with Crippen molar-refractivity contribution in [3.63, 3.8) is 0 Å². The lowest BCUT2D eigenvalue weighted by molar-refractivity contribution is 0.112. The number of aromatic nitrogens is 1. The summed E-state index contributed by atoms with van der Waals surface area (Å²) in [5.74, 6) is -0.344. The van der Waals surface area contributed by atoms with Crippen LogP contribution in [0.2, 0.25) is 0 Å². The molecule has 1 heterocycles. The fourth-order valence-corrected chi connectivity index (χ4v) is 2.50. The first-order valence-electron chi connectivity index (χ1n) is 4.45. The Bertz CT molecular complexity index is 559. The van der Waals surface area contributed by atoms with Crippen LogP contribution in [0.3, 0.4) is 0 Å². The number of carbonyl (C=O) groups is 1.